The fraction of sp³-hybridized carbons (Fsp3) is 0.105. The summed E-state index contributed by atoms with van der Waals surface area (Å²) in [5.41, 5.74) is 1.37. The Morgan fingerprint density at radius 2 is 2.04 bits per heavy atom. The Kier molecular flexibility index (Phi) is 5.60. The van der Waals surface area contributed by atoms with Gasteiger partial charge in [0.2, 0.25) is 4.77 Å². The SMILES string of the molecule is C=CCc1cccc(/C=N/n2c(COc3ccccc3)n[nH]c2=S)c1O. The number of H-pyrrole nitrogens is 1. The molecule has 3 rings (SSSR count). The van der Waals surface area contributed by atoms with Crippen molar-refractivity contribution in [3.8, 4) is 11.5 Å². The van der Waals surface area contributed by atoms with Gasteiger partial charge in [0.05, 0.1) is 6.21 Å². The highest BCUT2D eigenvalue weighted by atomic mass is 32.1. The molecule has 0 aliphatic heterocycles. The van der Waals surface area contributed by atoms with Crippen LogP contribution in [0.3, 0.4) is 0 Å². The van der Waals surface area contributed by atoms with Crippen LogP contribution < -0.4 is 4.74 Å². The molecule has 0 aliphatic carbocycles. The van der Waals surface area contributed by atoms with Crippen LogP contribution in [0, 0.1) is 4.77 Å². The van der Waals surface area contributed by atoms with Crippen LogP contribution in [0.2, 0.25) is 0 Å². The molecule has 2 N–H and O–H groups in total. The van der Waals surface area contributed by atoms with Crippen LogP contribution in [-0.4, -0.2) is 26.2 Å². The van der Waals surface area contributed by atoms with Gasteiger partial charge in [0.1, 0.15) is 18.1 Å². The van der Waals surface area contributed by atoms with Crippen LogP contribution in [0.4, 0.5) is 0 Å². The monoisotopic (exact) mass is 366 g/mol. The normalized spacial score (nSPS) is 10.9. The zero-order valence-electron chi connectivity index (χ0n) is 14.0. The van der Waals surface area contributed by atoms with Gasteiger partial charge in [-0.2, -0.15) is 14.9 Å². The molecule has 0 unspecified atom stereocenters. The molecule has 26 heavy (non-hydrogen) atoms. The number of allylic oxidation sites excluding steroid dienone is 1. The third kappa shape index (κ3) is 4.07. The van der Waals surface area contributed by atoms with E-state index in [9.17, 15) is 5.11 Å². The summed E-state index contributed by atoms with van der Waals surface area (Å²) in [6.07, 6.45) is 3.86. The lowest BCUT2D eigenvalue weighted by Gasteiger charge is -2.06. The fourth-order valence-corrected chi connectivity index (χ4v) is 2.56. The van der Waals surface area contributed by atoms with E-state index in [1.807, 2.05) is 42.5 Å². The maximum atomic E-state index is 10.3. The average molecular weight is 366 g/mol. The van der Waals surface area contributed by atoms with E-state index in [1.165, 1.54) is 4.68 Å². The first kappa shape index (κ1) is 17.6. The number of phenolic OH excluding ortho intramolecular Hbond substituents is 1. The Hall–Kier alpha value is -3.19. The molecule has 2 aromatic carbocycles. The van der Waals surface area contributed by atoms with Crippen molar-refractivity contribution in [2.75, 3.05) is 0 Å². The molecular weight excluding hydrogens is 348 g/mol. The highest BCUT2D eigenvalue weighted by Crippen LogP contribution is 2.21. The second-order valence-corrected chi connectivity index (χ2v) is 5.84. The Labute approximate surface area is 156 Å². The summed E-state index contributed by atoms with van der Waals surface area (Å²) in [6, 6.07) is 14.9. The van der Waals surface area contributed by atoms with Gasteiger partial charge < -0.3 is 9.84 Å². The second-order valence-electron chi connectivity index (χ2n) is 5.45. The standard InChI is InChI=1S/C19H18N4O2S/c1-2-7-14-8-6-9-15(18(14)24)12-20-23-17(21-22-19(23)26)13-25-16-10-4-3-5-11-16/h2-6,8-12,24H,1,7,13H2,(H,22,26)/b20-12+. The number of aromatic nitrogens is 3. The first-order chi connectivity index (χ1) is 12.7. The summed E-state index contributed by atoms with van der Waals surface area (Å²) >= 11 is 5.22. The number of benzene rings is 2. The van der Waals surface area contributed by atoms with Crippen LogP contribution in [-0.2, 0) is 13.0 Å². The van der Waals surface area contributed by atoms with Gasteiger partial charge >= 0.3 is 0 Å². The van der Waals surface area contributed by atoms with Crippen LogP contribution in [0.25, 0.3) is 0 Å². The van der Waals surface area contributed by atoms with Crippen molar-refractivity contribution < 1.29 is 9.84 Å². The molecular formula is C19H18N4O2S. The van der Waals surface area contributed by atoms with Crippen molar-refractivity contribution in [3.63, 3.8) is 0 Å². The molecule has 6 nitrogen and oxygen atoms in total. The molecule has 0 spiro atoms. The quantitative estimate of drug-likeness (QED) is 0.378. The van der Waals surface area contributed by atoms with E-state index in [4.69, 9.17) is 17.0 Å². The number of hydrogen-bond acceptors (Lipinski definition) is 5. The number of ether oxygens (including phenoxy) is 1. The highest BCUT2D eigenvalue weighted by Gasteiger charge is 2.08. The second kappa shape index (κ2) is 8.26. The van der Waals surface area contributed by atoms with E-state index in [0.29, 0.717) is 22.6 Å². The summed E-state index contributed by atoms with van der Waals surface area (Å²) in [7, 11) is 0. The Bertz CT molecular complexity index is 977. The number of para-hydroxylation sites is 2. The molecule has 0 radical (unpaired) electrons. The fourth-order valence-electron chi connectivity index (χ4n) is 2.36. The predicted molar refractivity (Wildman–Crippen MR) is 103 cm³/mol. The lowest BCUT2D eigenvalue weighted by atomic mass is 10.1. The zero-order valence-corrected chi connectivity index (χ0v) is 14.8. The first-order valence-electron chi connectivity index (χ1n) is 7.99. The molecule has 7 heteroatoms. The number of aromatic amines is 1. The summed E-state index contributed by atoms with van der Waals surface area (Å²) in [4.78, 5) is 0. The molecule has 132 valence electrons. The van der Waals surface area contributed by atoms with Gasteiger partial charge in [-0.3, -0.25) is 0 Å². The molecule has 1 aromatic heterocycles. The lowest BCUT2D eigenvalue weighted by molar-refractivity contribution is 0.290. The Morgan fingerprint density at radius 1 is 1.23 bits per heavy atom. The van der Waals surface area contributed by atoms with E-state index >= 15 is 0 Å². The molecule has 0 atom stereocenters. The van der Waals surface area contributed by atoms with Crippen molar-refractivity contribution in [2.24, 2.45) is 5.10 Å². The highest BCUT2D eigenvalue weighted by molar-refractivity contribution is 7.71. The van der Waals surface area contributed by atoms with Crippen molar-refractivity contribution >= 4 is 18.4 Å². The summed E-state index contributed by atoms with van der Waals surface area (Å²) in [5, 5.41) is 21.5. The maximum Gasteiger partial charge on any atom is 0.216 e. The predicted octanol–water partition coefficient (Wildman–Crippen LogP) is 3.84. The molecule has 0 aliphatic rings. The van der Waals surface area contributed by atoms with E-state index in [2.05, 4.69) is 21.9 Å². The minimum Gasteiger partial charge on any atom is -0.507 e. The Morgan fingerprint density at radius 3 is 2.81 bits per heavy atom. The summed E-state index contributed by atoms with van der Waals surface area (Å²) in [5.74, 6) is 1.43. The number of phenols is 1. The summed E-state index contributed by atoms with van der Waals surface area (Å²) in [6.45, 7) is 3.90. The van der Waals surface area contributed by atoms with Crippen LogP contribution in [0.15, 0.2) is 66.3 Å². The lowest BCUT2D eigenvalue weighted by Crippen LogP contribution is -2.04. The molecule has 1 heterocycles. The topological polar surface area (TPSA) is 75.4 Å². The number of aromatic hydroxyl groups is 1. The van der Waals surface area contributed by atoms with Crippen molar-refractivity contribution in [3.05, 3.63) is 82.9 Å². The van der Waals surface area contributed by atoms with Gasteiger partial charge in [0.15, 0.2) is 5.82 Å². The number of rotatable bonds is 7. The first-order valence-corrected chi connectivity index (χ1v) is 8.40. The smallest absolute Gasteiger partial charge is 0.216 e. The van der Waals surface area contributed by atoms with Crippen molar-refractivity contribution in [1.82, 2.24) is 14.9 Å². The van der Waals surface area contributed by atoms with E-state index in [-0.39, 0.29) is 12.4 Å². The molecule has 0 amide bonds. The molecule has 0 bridgehead atoms. The third-order valence-corrected chi connectivity index (χ3v) is 3.92. The van der Waals surface area contributed by atoms with E-state index in [0.717, 1.165) is 11.3 Å². The minimum absolute atomic E-state index is 0.174. The van der Waals surface area contributed by atoms with Crippen LogP contribution in [0.5, 0.6) is 11.5 Å². The van der Waals surface area contributed by atoms with Gasteiger partial charge in [-0.1, -0.05) is 36.4 Å². The molecule has 0 fully saturated rings. The minimum atomic E-state index is 0.174. The van der Waals surface area contributed by atoms with Gasteiger partial charge in [0, 0.05) is 5.56 Å². The number of nitrogens with zero attached hydrogens (tertiary/aromatic N) is 3. The average Bonchev–Trinajstić information content (AvgIpc) is 3.01. The van der Waals surface area contributed by atoms with Crippen LogP contribution in [0.1, 0.15) is 17.0 Å². The van der Waals surface area contributed by atoms with Gasteiger partial charge in [0.25, 0.3) is 0 Å². The largest absolute Gasteiger partial charge is 0.507 e. The maximum absolute atomic E-state index is 10.3. The third-order valence-electron chi connectivity index (χ3n) is 3.66. The van der Waals surface area contributed by atoms with Crippen molar-refractivity contribution in [1.29, 1.82) is 0 Å². The summed E-state index contributed by atoms with van der Waals surface area (Å²) < 4.78 is 7.50. The number of nitrogens with one attached hydrogen (secondary N) is 1. The van der Waals surface area contributed by atoms with Crippen LogP contribution >= 0.6 is 12.2 Å². The zero-order chi connectivity index (χ0) is 18.4. The van der Waals surface area contributed by atoms with Crippen molar-refractivity contribution in [2.45, 2.75) is 13.0 Å². The molecule has 0 saturated carbocycles. The van der Waals surface area contributed by atoms with E-state index in [1.54, 1.807) is 18.4 Å². The van der Waals surface area contributed by atoms with Gasteiger partial charge in [-0.05, 0) is 42.4 Å². The number of hydrogen-bond donors (Lipinski definition) is 2. The van der Waals surface area contributed by atoms with E-state index < -0.39 is 0 Å². The van der Waals surface area contributed by atoms with Gasteiger partial charge in [-0.25, -0.2) is 5.10 Å². The molecule has 3 aromatic rings. The van der Waals surface area contributed by atoms with Gasteiger partial charge in [-0.15, -0.1) is 6.58 Å². The Balaban J connectivity index is 1.81. The molecule has 0 saturated heterocycles.